The second kappa shape index (κ2) is 19.3. The predicted molar refractivity (Wildman–Crippen MR) is 247 cm³/mol. The summed E-state index contributed by atoms with van der Waals surface area (Å²) in [5, 5.41) is 8.56. The van der Waals surface area contributed by atoms with E-state index in [4.69, 9.17) is 9.47 Å². The molecule has 8 rings (SSSR count). The average molecular weight is 910 g/mol. The van der Waals surface area contributed by atoms with E-state index in [1.807, 2.05) is 26.0 Å². The number of nitrogens with one attached hydrogen (secondary N) is 3. The first-order valence-corrected chi connectivity index (χ1v) is 22.2. The summed E-state index contributed by atoms with van der Waals surface area (Å²) in [4.78, 5) is 99.8. The molecule has 0 aliphatic carbocycles. The number of ether oxygens (including phenoxy) is 2. The maximum absolute atomic E-state index is 15.5. The lowest BCUT2D eigenvalue weighted by atomic mass is 10.0. The number of benzene rings is 4. The number of halogens is 1. The molecule has 16 nitrogen and oxygen atoms in total. The van der Waals surface area contributed by atoms with E-state index in [1.54, 1.807) is 48.9 Å². The summed E-state index contributed by atoms with van der Waals surface area (Å²) in [5.41, 5.74) is 3.52. The average Bonchev–Trinajstić information content (AvgIpc) is 3.56. The highest BCUT2D eigenvalue weighted by Gasteiger charge is 2.45. The van der Waals surface area contributed by atoms with Crippen LogP contribution in [-0.2, 0) is 27.9 Å². The largest absolute Gasteiger partial charge is 0.493 e. The molecule has 1 atom stereocenters. The maximum Gasteiger partial charge on any atom is 0.264 e. The second-order valence-corrected chi connectivity index (χ2v) is 16.7. The van der Waals surface area contributed by atoms with E-state index in [0.717, 1.165) is 54.2 Å². The Kier molecular flexibility index (Phi) is 13.2. The molecule has 67 heavy (non-hydrogen) atoms. The Balaban J connectivity index is 0.801. The minimum Gasteiger partial charge on any atom is -0.493 e. The van der Waals surface area contributed by atoms with Gasteiger partial charge in [-0.2, -0.15) is 0 Å². The third-order valence-electron chi connectivity index (χ3n) is 12.2. The van der Waals surface area contributed by atoms with Gasteiger partial charge in [0.2, 0.25) is 29.0 Å². The zero-order valence-electron chi connectivity index (χ0n) is 37.4. The van der Waals surface area contributed by atoms with Crippen molar-refractivity contribution in [2.45, 2.75) is 84.6 Å². The van der Waals surface area contributed by atoms with Crippen molar-refractivity contribution in [2.24, 2.45) is 7.05 Å². The first-order chi connectivity index (χ1) is 32.2. The molecular weight excluding hydrogens is 862 g/mol. The molecule has 0 spiro atoms. The Morgan fingerprint density at radius 3 is 2.43 bits per heavy atom. The predicted octanol–water partition coefficient (Wildman–Crippen LogP) is 7.60. The number of hydrogen-bond donors (Lipinski definition) is 3. The van der Waals surface area contributed by atoms with E-state index in [-0.39, 0.29) is 64.9 Å². The van der Waals surface area contributed by atoms with Crippen LogP contribution in [0.1, 0.15) is 106 Å². The first kappa shape index (κ1) is 45.7. The lowest BCUT2D eigenvalue weighted by Gasteiger charge is -2.27. The first-order valence-electron chi connectivity index (χ1n) is 22.2. The van der Waals surface area contributed by atoms with E-state index >= 15 is 4.39 Å². The zero-order valence-corrected chi connectivity index (χ0v) is 37.4. The van der Waals surface area contributed by atoms with E-state index in [1.165, 1.54) is 24.5 Å². The highest BCUT2D eigenvalue weighted by Crippen LogP contribution is 2.35. The maximum atomic E-state index is 15.5. The van der Waals surface area contributed by atoms with Crippen molar-refractivity contribution < 1.29 is 42.6 Å². The number of piperidine rings is 1. The summed E-state index contributed by atoms with van der Waals surface area (Å²) in [6.45, 7) is 5.99. The van der Waals surface area contributed by atoms with Crippen molar-refractivity contribution in [1.82, 2.24) is 24.8 Å². The standard InChI is InChI=1S/C50H48FN7O9/c1-5-29-15-17-37-33(23-29)45(61)43(28(3)57(37)4)47(63)54-30-16-19-39(34(51)24-30)67-48-32-22-27(2)40(25-36(32)52-26-53-48)66-21-10-8-6-7-9-14-41(59)55-35-13-11-12-31-44(35)50(65)58(49(31)64)38-18-20-42(60)56-46(38)62/h11-13,15-17,19,22-26,38H,5-10,14,18,20-21H2,1-4H3,(H,54,63)(H,55,59)(H,56,60,62). The summed E-state index contributed by atoms with van der Waals surface area (Å²) >= 11 is 0. The van der Waals surface area contributed by atoms with E-state index in [9.17, 15) is 33.6 Å². The number of carbonyl (C=O) groups is 6. The quantitative estimate of drug-likeness (QED) is 0.0636. The summed E-state index contributed by atoms with van der Waals surface area (Å²) in [6.07, 6.45) is 6.13. The van der Waals surface area contributed by atoms with Crippen LogP contribution in [0.5, 0.6) is 17.4 Å². The second-order valence-electron chi connectivity index (χ2n) is 16.7. The fourth-order valence-electron chi connectivity index (χ4n) is 8.49. The number of carbonyl (C=O) groups excluding carboxylic acids is 6. The van der Waals surface area contributed by atoms with E-state index in [0.29, 0.717) is 46.3 Å². The van der Waals surface area contributed by atoms with Gasteiger partial charge in [-0.1, -0.05) is 38.3 Å². The van der Waals surface area contributed by atoms with Crippen molar-refractivity contribution in [2.75, 3.05) is 17.2 Å². The summed E-state index contributed by atoms with van der Waals surface area (Å²) in [7, 11) is 1.79. The smallest absolute Gasteiger partial charge is 0.264 e. The Labute approximate surface area is 383 Å². The van der Waals surface area contributed by atoms with Gasteiger partial charge < -0.3 is 24.7 Å². The molecule has 1 fully saturated rings. The molecule has 4 aromatic carbocycles. The van der Waals surface area contributed by atoms with Crippen LogP contribution in [0.4, 0.5) is 15.8 Å². The number of amides is 6. The SMILES string of the molecule is CCc1ccc2c(c1)c(=O)c(C(=O)Nc1ccc(Oc3ncnc4cc(OCCCCCCCC(=O)Nc5cccc6c5C(=O)N(C5CCC(=O)NC5=O)C6=O)c(C)cc34)c(F)c1)c(C)n2C. The van der Waals surface area contributed by atoms with Crippen LogP contribution in [0.3, 0.4) is 0 Å². The number of aromatic nitrogens is 3. The van der Waals surface area contributed by atoms with Crippen molar-refractivity contribution in [3.63, 3.8) is 0 Å². The van der Waals surface area contributed by atoms with Crippen LogP contribution in [0, 0.1) is 19.7 Å². The van der Waals surface area contributed by atoms with Gasteiger partial charge in [0.25, 0.3) is 17.7 Å². The van der Waals surface area contributed by atoms with Crippen molar-refractivity contribution in [3.05, 3.63) is 123 Å². The third kappa shape index (κ3) is 9.34. The highest BCUT2D eigenvalue weighted by molar-refractivity contribution is 6.26. The molecule has 2 aromatic heterocycles. The third-order valence-corrected chi connectivity index (χ3v) is 12.2. The van der Waals surface area contributed by atoms with Gasteiger partial charge in [-0.3, -0.25) is 43.8 Å². The number of anilines is 2. The van der Waals surface area contributed by atoms with Gasteiger partial charge in [-0.25, -0.2) is 14.4 Å². The van der Waals surface area contributed by atoms with Gasteiger partial charge >= 0.3 is 0 Å². The molecule has 6 aromatic rings. The normalized spacial score (nSPS) is 14.6. The number of rotatable bonds is 16. The topological polar surface area (TPSA) is 208 Å². The Bertz CT molecular complexity index is 3090. The molecule has 4 heterocycles. The van der Waals surface area contributed by atoms with Crippen LogP contribution in [0.2, 0.25) is 0 Å². The Morgan fingerprint density at radius 2 is 1.66 bits per heavy atom. The van der Waals surface area contributed by atoms with Gasteiger partial charge in [0, 0.05) is 48.8 Å². The van der Waals surface area contributed by atoms with Crippen molar-refractivity contribution in [1.29, 1.82) is 0 Å². The molecule has 0 saturated carbocycles. The van der Waals surface area contributed by atoms with Crippen LogP contribution in [0.15, 0.2) is 77.9 Å². The Hall–Kier alpha value is -7.82. The van der Waals surface area contributed by atoms with Gasteiger partial charge in [-0.15, -0.1) is 0 Å². The van der Waals surface area contributed by atoms with E-state index in [2.05, 4.69) is 25.9 Å². The number of imide groups is 2. The van der Waals surface area contributed by atoms with Crippen LogP contribution in [0.25, 0.3) is 21.8 Å². The fraction of sp³-hybridized carbons (Fsp3) is 0.300. The Morgan fingerprint density at radius 1 is 0.866 bits per heavy atom. The molecule has 344 valence electrons. The van der Waals surface area contributed by atoms with Gasteiger partial charge in [0.15, 0.2) is 11.6 Å². The lowest BCUT2D eigenvalue weighted by Crippen LogP contribution is -2.54. The summed E-state index contributed by atoms with van der Waals surface area (Å²) in [5.74, 6) is -3.59. The monoisotopic (exact) mass is 909 g/mol. The van der Waals surface area contributed by atoms with Gasteiger partial charge in [0.1, 0.15) is 23.7 Å². The summed E-state index contributed by atoms with van der Waals surface area (Å²) in [6, 6.07) is 16.7. The number of unbranched alkanes of at least 4 members (excludes halogenated alkanes) is 4. The number of nitrogens with zero attached hydrogens (tertiary/aromatic N) is 4. The van der Waals surface area contributed by atoms with Crippen LogP contribution >= 0.6 is 0 Å². The van der Waals surface area contributed by atoms with Crippen LogP contribution in [-0.4, -0.2) is 67.5 Å². The van der Waals surface area contributed by atoms with Gasteiger partial charge in [0.05, 0.1) is 39.8 Å². The molecule has 2 aliphatic rings. The lowest BCUT2D eigenvalue weighted by molar-refractivity contribution is -0.136. The molecule has 0 bridgehead atoms. The molecule has 0 radical (unpaired) electrons. The van der Waals surface area contributed by atoms with Crippen LogP contribution < -0.4 is 30.9 Å². The minimum absolute atomic E-state index is 0.00918. The minimum atomic E-state index is -1.10. The van der Waals surface area contributed by atoms with Crippen molar-refractivity contribution >= 4 is 68.6 Å². The molecule has 1 unspecified atom stereocenters. The van der Waals surface area contributed by atoms with Gasteiger partial charge in [-0.05, 0) is 93.1 Å². The number of aryl methyl sites for hydroxylation is 3. The number of pyridine rings is 1. The molecule has 17 heteroatoms. The zero-order chi connectivity index (χ0) is 47.5. The molecule has 1 saturated heterocycles. The molecule has 2 aliphatic heterocycles. The fourth-order valence-corrected chi connectivity index (χ4v) is 8.49. The molecule has 6 amide bonds. The highest BCUT2D eigenvalue weighted by atomic mass is 19.1. The van der Waals surface area contributed by atoms with Crippen molar-refractivity contribution in [3.8, 4) is 17.4 Å². The number of hydrogen-bond acceptors (Lipinski definition) is 11. The molecular formula is C50H48FN7O9. The summed E-state index contributed by atoms with van der Waals surface area (Å²) < 4.78 is 29.3. The number of fused-ring (bicyclic) bond motifs is 3. The van der Waals surface area contributed by atoms with E-state index < -0.39 is 46.8 Å². The molecule has 3 N–H and O–H groups in total.